The van der Waals surface area contributed by atoms with Crippen molar-refractivity contribution in [1.82, 2.24) is 4.31 Å². The van der Waals surface area contributed by atoms with Gasteiger partial charge in [0.15, 0.2) is 0 Å². The lowest BCUT2D eigenvalue weighted by Crippen LogP contribution is -2.41. The molecule has 0 aromatic heterocycles. The van der Waals surface area contributed by atoms with Crippen molar-refractivity contribution in [3.8, 4) is 0 Å². The van der Waals surface area contributed by atoms with Gasteiger partial charge >= 0.3 is 7.12 Å². The predicted molar refractivity (Wildman–Crippen MR) is 105 cm³/mol. The molecule has 0 atom stereocenters. The predicted octanol–water partition coefficient (Wildman–Crippen LogP) is 2.51. The molecule has 144 valence electrons. The summed E-state index contributed by atoms with van der Waals surface area (Å²) in [6.07, 6.45) is 1.74. The zero-order valence-electron chi connectivity index (χ0n) is 16.5. The molecule has 2 aliphatic heterocycles. The zero-order valence-corrected chi connectivity index (χ0v) is 17.3. The molecule has 0 saturated carbocycles. The van der Waals surface area contributed by atoms with Gasteiger partial charge in [0.1, 0.15) is 0 Å². The largest absolute Gasteiger partial charge is 0.494 e. The Hall–Kier alpha value is -0.885. The first-order chi connectivity index (χ1) is 12.1. The Morgan fingerprint density at radius 1 is 1.04 bits per heavy atom. The second-order valence-corrected chi connectivity index (χ2v) is 10.6. The molecule has 5 nitrogen and oxygen atoms in total. The molecule has 0 radical (unpaired) electrons. The summed E-state index contributed by atoms with van der Waals surface area (Å²) < 4.78 is 37.8. The summed E-state index contributed by atoms with van der Waals surface area (Å²) in [7, 11) is -3.41. The van der Waals surface area contributed by atoms with Gasteiger partial charge < -0.3 is 9.31 Å². The fraction of sp³-hybridized carbons (Fsp3) is 0.684. The number of nitrogens with zero attached hydrogens (tertiary/aromatic N) is 1. The molecule has 1 aromatic rings. The minimum atomic E-state index is -3.07. The van der Waals surface area contributed by atoms with E-state index in [1.54, 1.807) is 11.2 Å². The Labute approximate surface area is 158 Å². The van der Waals surface area contributed by atoms with Gasteiger partial charge in [0.2, 0.25) is 10.0 Å². The third-order valence-corrected chi connectivity index (χ3v) is 8.03. The van der Waals surface area contributed by atoms with Gasteiger partial charge in [-0.25, -0.2) is 12.7 Å². The quantitative estimate of drug-likeness (QED) is 0.755. The third kappa shape index (κ3) is 3.72. The summed E-state index contributed by atoms with van der Waals surface area (Å²) in [6, 6.07) is 8.42. The summed E-state index contributed by atoms with van der Waals surface area (Å²) in [6.45, 7) is 11.1. The van der Waals surface area contributed by atoms with Crippen LogP contribution in [0, 0.1) is 0 Å². The van der Waals surface area contributed by atoms with Gasteiger partial charge in [-0.1, -0.05) is 24.3 Å². The lowest BCUT2D eigenvalue weighted by molar-refractivity contribution is 0.00578. The molecular weight excluding hydrogens is 349 g/mol. The van der Waals surface area contributed by atoms with E-state index in [-0.39, 0.29) is 24.1 Å². The molecule has 0 N–H and O–H groups in total. The Morgan fingerprint density at radius 3 is 2.00 bits per heavy atom. The van der Waals surface area contributed by atoms with E-state index in [4.69, 9.17) is 9.31 Å². The highest BCUT2D eigenvalue weighted by molar-refractivity contribution is 7.89. The van der Waals surface area contributed by atoms with Crippen LogP contribution in [0.5, 0.6) is 0 Å². The summed E-state index contributed by atoms with van der Waals surface area (Å²) in [5.41, 5.74) is 1.61. The second-order valence-electron chi connectivity index (χ2n) is 8.33. The third-order valence-electron chi connectivity index (χ3n) is 6.15. The van der Waals surface area contributed by atoms with Crippen LogP contribution in [0.4, 0.5) is 0 Å². The molecule has 0 bridgehead atoms. The molecule has 2 heterocycles. The first kappa shape index (κ1) is 19.9. The van der Waals surface area contributed by atoms with E-state index >= 15 is 0 Å². The molecule has 2 aliphatic rings. The van der Waals surface area contributed by atoms with E-state index < -0.39 is 10.0 Å². The topological polar surface area (TPSA) is 55.8 Å². The number of piperidine rings is 1. The van der Waals surface area contributed by atoms with Gasteiger partial charge in [-0.15, -0.1) is 0 Å². The van der Waals surface area contributed by atoms with Gasteiger partial charge in [0.25, 0.3) is 0 Å². The van der Waals surface area contributed by atoms with E-state index in [9.17, 15) is 8.42 Å². The highest BCUT2D eigenvalue weighted by Gasteiger charge is 2.51. The van der Waals surface area contributed by atoms with Crippen LogP contribution < -0.4 is 5.46 Å². The monoisotopic (exact) mass is 379 g/mol. The van der Waals surface area contributed by atoms with Crippen molar-refractivity contribution >= 4 is 22.6 Å². The van der Waals surface area contributed by atoms with Crippen molar-refractivity contribution in [2.75, 3.05) is 18.8 Å². The highest BCUT2D eigenvalue weighted by atomic mass is 32.2. The van der Waals surface area contributed by atoms with Crippen LogP contribution in [0.2, 0.25) is 0 Å². The van der Waals surface area contributed by atoms with Crippen LogP contribution >= 0.6 is 0 Å². The molecule has 2 saturated heterocycles. The van der Waals surface area contributed by atoms with Gasteiger partial charge in [0.05, 0.1) is 17.0 Å². The van der Waals surface area contributed by atoms with Gasteiger partial charge in [-0.3, -0.25) is 0 Å². The van der Waals surface area contributed by atoms with Crippen LogP contribution in [0.3, 0.4) is 0 Å². The fourth-order valence-electron chi connectivity index (χ4n) is 3.55. The van der Waals surface area contributed by atoms with E-state index in [2.05, 4.69) is 52.0 Å². The summed E-state index contributed by atoms with van der Waals surface area (Å²) in [5, 5.41) is 0. The van der Waals surface area contributed by atoms with Crippen LogP contribution in [-0.2, 0) is 19.3 Å². The maximum atomic E-state index is 12.0. The van der Waals surface area contributed by atoms with Crippen molar-refractivity contribution in [1.29, 1.82) is 0 Å². The molecule has 0 spiro atoms. The van der Waals surface area contributed by atoms with Crippen LogP contribution in [0.25, 0.3) is 0 Å². The number of hydrogen-bond donors (Lipinski definition) is 0. The maximum absolute atomic E-state index is 12.0. The smallest absolute Gasteiger partial charge is 0.399 e. The van der Waals surface area contributed by atoms with Gasteiger partial charge in [-0.05, 0) is 64.4 Å². The molecule has 7 heteroatoms. The Kier molecular flexibility index (Phi) is 5.30. The number of benzene rings is 1. The fourth-order valence-corrected chi connectivity index (χ4v) is 4.69. The SMILES string of the molecule is CCS(=O)(=O)N1CCC(c2ccc(B3OC(C)(C)C(C)(C)O3)cc2)CC1. The van der Waals surface area contributed by atoms with Crippen LogP contribution in [-0.4, -0.2) is 49.9 Å². The first-order valence-corrected chi connectivity index (χ1v) is 11.1. The maximum Gasteiger partial charge on any atom is 0.494 e. The molecular formula is C19H30BNO4S. The Morgan fingerprint density at radius 2 is 1.54 bits per heavy atom. The van der Waals surface area contributed by atoms with Crippen molar-refractivity contribution in [2.45, 2.75) is 64.6 Å². The minimum Gasteiger partial charge on any atom is -0.399 e. The molecule has 0 amide bonds. The lowest BCUT2D eigenvalue weighted by Gasteiger charge is -2.32. The molecule has 3 rings (SSSR count). The van der Waals surface area contributed by atoms with Crippen LogP contribution in [0.15, 0.2) is 24.3 Å². The summed E-state index contributed by atoms with van der Waals surface area (Å²) in [4.78, 5) is 0. The standard InChI is InChI=1S/C19H30BNO4S/c1-6-26(22,23)21-13-11-16(12-14-21)15-7-9-17(10-8-15)20-24-18(2,3)19(4,5)25-20/h7-10,16H,6,11-14H2,1-5H3. The second kappa shape index (κ2) is 6.93. The van der Waals surface area contributed by atoms with Crippen molar-refractivity contribution in [2.24, 2.45) is 0 Å². The van der Waals surface area contributed by atoms with Crippen molar-refractivity contribution in [3.63, 3.8) is 0 Å². The van der Waals surface area contributed by atoms with Gasteiger partial charge in [0, 0.05) is 13.1 Å². The Balaban J connectivity index is 1.65. The number of rotatable bonds is 4. The molecule has 26 heavy (non-hydrogen) atoms. The first-order valence-electron chi connectivity index (χ1n) is 9.49. The van der Waals surface area contributed by atoms with Crippen LogP contribution in [0.1, 0.15) is 58.9 Å². The normalized spacial score (nSPS) is 24.1. The number of hydrogen-bond acceptors (Lipinski definition) is 4. The average Bonchev–Trinajstić information content (AvgIpc) is 2.83. The molecule has 0 unspecified atom stereocenters. The summed E-state index contributed by atoms with van der Waals surface area (Å²) in [5.74, 6) is 0.589. The molecule has 0 aliphatic carbocycles. The van der Waals surface area contributed by atoms with Crippen molar-refractivity contribution < 1.29 is 17.7 Å². The minimum absolute atomic E-state index is 0.181. The highest BCUT2D eigenvalue weighted by Crippen LogP contribution is 2.36. The summed E-state index contributed by atoms with van der Waals surface area (Å²) >= 11 is 0. The van der Waals surface area contributed by atoms with E-state index in [0.717, 1.165) is 18.3 Å². The Bertz CT molecular complexity index is 721. The number of sulfonamides is 1. The van der Waals surface area contributed by atoms with Gasteiger partial charge in [-0.2, -0.15) is 0 Å². The zero-order chi connectivity index (χ0) is 19.2. The molecule has 1 aromatic carbocycles. The average molecular weight is 379 g/mol. The van der Waals surface area contributed by atoms with Crippen molar-refractivity contribution in [3.05, 3.63) is 29.8 Å². The van der Waals surface area contributed by atoms with E-state index in [1.165, 1.54) is 5.56 Å². The van der Waals surface area contributed by atoms with E-state index in [0.29, 0.717) is 19.0 Å². The molecule has 2 fully saturated rings. The van der Waals surface area contributed by atoms with E-state index in [1.807, 2.05) is 0 Å². The lowest BCUT2D eigenvalue weighted by atomic mass is 9.77.